The maximum Gasteiger partial charge on any atom is 0.305 e. The fraction of sp³-hybridized carbons (Fsp3) is 0.867. The molecule has 1 amide bonds. The minimum atomic E-state index is -0.807. The third kappa shape index (κ3) is 3.71. The first kappa shape index (κ1) is 16.0. The summed E-state index contributed by atoms with van der Waals surface area (Å²) in [5.74, 6) is -0.505. The number of hydrogen-bond acceptors (Lipinski definition) is 2. The van der Waals surface area contributed by atoms with E-state index in [1.54, 1.807) is 11.9 Å². The molecule has 0 heterocycles. The van der Waals surface area contributed by atoms with E-state index in [0.717, 1.165) is 32.1 Å². The van der Waals surface area contributed by atoms with Gasteiger partial charge in [0.05, 0.1) is 12.0 Å². The second-order valence-electron chi connectivity index (χ2n) is 6.29. The van der Waals surface area contributed by atoms with E-state index in [9.17, 15) is 14.7 Å². The van der Waals surface area contributed by atoms with Crippen LogP contribution in [0.3, 0.4) is 0 Å². The molecule has 4 nitrogen and oxygen atoms in total. The second-order valence-corrected chi connectivity index (χ2v) is 6.29. The molecule has 1 saturated carbocycles. The molecule has 0 aromatic heterocycles. The van der Waals surface area contributed by atoms with Crippen molar-refractivity contribution in [3.63, 3.8) is 0 Å². The highest BCUT2D eigenvalue weighted by Crippen LogP contribution is 2.37. The van der Waals surface area contributed by atoms with Gasteiger partial charge in [-0.15, -0.1) is 0 Å². The first-order valence-corrected chi connectivity index (χ1v) is 7.29. The molecule has 0 aliphatic heterocycles. The number of amides is 1. The molecule has 0 spiro atoms. The molecule has 1 unspecified atom stereocenters. The first-order chi connectivity index (χ1) is 8.80. The molecule has 1 N–H and O–H groups in total. The molecule has 1 rings (SSSR count). The second kappa shape index (κ2) is 6.40. The highest BCUT2D eigenvalue weighted by Gasteiger charge is 2.41. The van der Waals surface area contributed by atoms with Gasteiger partial charge >= 0.3 is 5.97 Å². The number of aliphatic carboxylic acids is 1. The van der Waals surface area contributed by atoms with Crippen molar-refractivity contribution in [2.24, 2.45) is 11.8 Å². The predicted octanol–water partition coefficient (Wildman–Crippen LogP) is 2.91. The summed E-state index contributed by atoms with van der Waals surface area (Å²) in [5.41, 5.74) is -0.468. The monoisotopic (exact) mass is 269 g/mol. The number of carboxylic acids is 1. The fourth-order valence-electron chi connectivity index (χ4n) is 2.95. The van der Waals surface area contributed by atoms with E-state index in [1.807, 2.05) is 20.8 Å². The largest absolute Gasteiger partial charge is 0.481 e. The van der Waals surface area contributed by atoms with E-state index in [0.29, 0.717) is 0 Å². The highest BCUT2D eigenvalue weighted by atomic mass is 16.4. The van der Waals surface area contributed by atoms with Crippen LogP contribution >= 0.6 is 0 Å². The highest BCUT2D eigenvalue weighted by molar-refractivity contribution is 5.80. The average molecular weight is 269 g/mol. The van der Waals surface area contributed by atoms with Crippen LogP contribution in [0.1, 0.15) is 59.3 Å². The molecular weight excluding hydrogens is 242 g/mol. The standard InChI is InChI=1S/C15H27NO3/c1-11(2)12(3)14(19)16(4)15(10-13(17)18)8-6-5-7-9-15/h11-12H,5-10H2,1-4H3,(H,17,18). The van der Waals surface area contributed by atoms with E-state index in [4.69, 9.17) is 0 Å². The predicted molar refractivity (Wildman–Crippen MR) is 74.8 cm³/mol. The molecule has 19 heavy (non-hydrogen) atoms. The van der Waals surface area contributed by atoms with Gasteiger partial charge in [-0.05, 0) is 18.8 Å². The number of carbonyl (C=O) groups is 2. The SMILES string of the molecule is CC(C)C(C)C(=O)N(C)C1(CC(=O)O)CCCCC1. The van der Waals surface area contributed by atoms with Crippen LogP contribution in [0.15, 0.2) is 0 Å². The molecule has 1 atom stereocenters. The third-order valence-corrected chi connectivity index (χ3v) is 4.70. The molecule has 110 valence electrons. The summed E-state index contributed by atoms with van der Waals surface area (Å²) in [7, 11) is 1.79. The van der Waals surface area contributed by atoms with Gasteiger partial charge < -0.3 is 10.0 Å². The molecule has 0 aromatic carbocycles. The van der Waals surface area contributed by atoms with Gasteiger partial charge in [0.1, 0.15) is 0 Å². The zero-order valence-corrected chi connectivity index (χ0v) is 12.6. The third-order valence-electron chi connectivity index (χ3n) is 4.70. The minimum absolute atomic E-state index is 0.0578. The van der Waals surface area contributed by atoms with Gasteiger partial charge in [-0.3, -0.25) is 9.59 Å². The Morgan fingerprint density at radius 2 is 1.68 bits per heavy atom. The van der Waals surface area contributed by atoms with Gasteiger partial charge in [0.25, 0.3) is 0 Å². The van der Waals surface area contributed by atoms with Gasteiger partial charge in [0, 0.05) is 13.0 Å². The van der Waals surface area contributed by atoms with Crippen molar-refractivity contribution in [2.75, 3.05) is 7.05 Å². The van der Waals surface area contributed by atoms with Crippen molar-refractivity contribution in [1.29, 1.82) is 0 Å². The normalized spacial score (nSPS) is 20.1. The van der Waals surface area contributed by atoms with Crippen LogP contribution in [-0.4, -0.2) is 34.5 Å². The Labute approximate surface area is 116 Å². The zero-order valence-electron chi connectivity index (χ0n) is 12.6. The van der Waals surface area contributed by atoms with Crippen LogP contribution < -0.4 is 0 Å². The summed E-state index contributed by atoms with van der Waals surface area (Å²) in [6.07, 6.45) is 4.86. The van der Waals surface area contributed by atoms with Crippen LogP contribution in [0, 0.1) is 11.8 Å². The van der Waals surface area contributed by atoms with Crippen molar-refractivity contribution < 1.29 is 14.7 Å². The van der Waals surface area contributed by atoms with Crippen LogP contribution in [0.5, 0.6) is 0 Å². The maximum atomic E-state index is 12.5. The molecule has 1 aliphatic carbocycles. The molecule has 1 fully saturated rings. The van der Waals surface area contributed by atoms with E-state index in [1.165, 1.54) is 0 Å². The summed E-state index contributed by atoms with van der Waals surface area (Å²) in [6.45, 7) is 5.99. The van der Waals surface area contributed by atoms with E-state index in [2.05, 4.69) is 0 Å². The number of nitrogens with zero attached hydrogens (tertiary/aromatic N) is 1. The Morgan fingerprint density at radius 1 is 1.16 bits per heavy atom. The van der Waals surface area contributed by atoms with Crippen LogP contribution in [-0.2, 0) is 9.59 Å². The minimum Gasteiger partial charge on any atom is -0.481 e. The summed E-state index contributed by atoms with van der Waals surface area (Å²) in [6, 6.07) is 0. The lowest BCUT2D eigenvalue weighted by molar-refractivity contribution is -0.148. The molecular formula is C15H27NO3. The number of carboxylic acid groups (broad SMARTS) is 1. The Hall–Kier alpha value is -1.06. The summed E-state index contributed by atoms with van der Waals surface area (Å²) in [5, 5.41) is 9.17. The summed E-state index contributed by atoms with van der Waals surface area (Å²) >= 11 is 0. The molecule has 0 radical (unpaired) electrons. The topological polar surface area (TPSA) is 57.6 Å². The molecule has 1 aliphatic rings. The summed E-state index contributed by atoms with van der Waals surface area (Å²) in [4.78, 5) is 25.4. The van der Waals surface area contributed by atoms with Gasteiger partial charge in [-0.2, -0.15) is 0 Å². The number of carbonyl (C=O) groups excluding carboxylic acids is 1. The quantitative estimate of drug-likeness (QED) is 0.835. The Kier molecular flexibility index (Phi) is 5.39. The Morgan fingerprint density at radius 3 is 2.11 bits per heavy atom. The average Bonchev–Trinajstić information content (AvgIpc) is 2.36. The van der Waals surface area contributed by atoms with Crippen molar-refractivity contribution in [3.8, 4) is 0 Å². The van der Waals surface area contributed by atoms with Crippen molar-refractivity contribution in [1.82, 2.24) is 4.90 Å². The van der Waals surface area contributed by atoms with Gasteiger partial charge in [-0.1, -0.05) is 40.0 Å². The lowest BCUT2D eigenvalue weighted by Gasteiger charge is -2.45. The Balaban J connectivity index is 2.90. The van der Waals surface area contributed by atoms with Gasteiger partial charge in [0.2, 0.25) is 5.91 Å². The van der Waals surface area contributed by atoms with E-state index >= 15 is 0 Å². The first-order valence-electron chi connectivity index (χ1n) is 7.29. The molecule has 0 saturated heterocycles. The smallest absolute Gasteiger partial charge is 0.305 e. The van der Waals surface area contributed by atoms with Crippen molar-refractivity contribution in [2.45, 2.75) is 64.8 Å². The van der Waals surface area contributed by atoms with Gasteiger partial charge in [-0.25, -0.2) is 0 Å². The lowest BCUT2D eigenvalue weighted by atomic mass is 9.77. The lowest BCUT2D eigenvalue weighted by Crippen LogP contribution is -2.53. The number of rotatable bonds is 5. The molecule has 4 heteroatoms. The molecule has 0 aromatic rings. The van der Waals surface area contributed by atoms with Crippen LogP contribution in [0.2, 0.25) is 0 Å². The number of hydrogen-bond donors (Lipinski definition) is 1. The van der Waals surface area contributed by atoms with Crippen LogP contribution in [0.4, 0.5) is 0 Å². The van der Waals surface area contributed by atoms with Crippen molar-refractivity contribution in [3.05, 3.63) is 0 Å². The van der Waals surface area contributed by atoms with E-state index < -0.39 is 11.5 Å². The summed E-state index contributed by atoms with van der Waals surface area (Å²) < 4.78 is 0. The van der Waals surface area contributed by atoms with Crippen LogP contribution in [0.25, 0.3) is 0 Å². The van der Waals surface area contributed by atoms with E-state index in [-0.39, 0.29) is 24.2 Å². The molecule has 0 bridgehead atoms. The Bertz CT molecular complexity index is 332. The fourth-order valence-corrected chi connectivity index (χ4v) is 2.95. The maximum absolute atomic E-state index is 12.5. The van der Waals surface area contributed by atoms with Crippen molar-refractivity contribution >= 4 is 11.9 Å². The van der Waals surface area contributed by atoms with Gasteiger partial charge in [0.15, 0.2) is 0 Å². The zero-order chi connectivity index (χ0) is 14.6.